The zero-order valence-corrected chi connectivity index (χ0v) is 13.3. The highest BCUT2D eigenvalue weighted by atomic mass is 79.9. The number of rotatable bonds is 4. The second kappa shape index (κ2) is 6.45. The molecule has 1 heterocycles. The highest BCUT2D eigenvalue weighted by Gasteiger charge is 2.08. The second-order valence-electron chi connectivity index (χ2n) is 3.83. The van der Waals surface area contributed by atoms with Crippen molar-refractivity contribution in [3.05, 3.63) is 50.8 Å². The van der Waals surface area contributed by atoms with Crippen LogP contribution in [-0.4, -0.2) is 12.0 Å². The first-order valence-corrected chi connectivity index (χ1v) is 7.10. The maximum absolute atomic E-state index is 13.4. The Labute approximate surface area is 127 Å². The molecule has 0 saturated carbocycles. The van der Waals surface area contributed by atoms with Gasteiger partial charge in [0, 0.05) is 28.8 Å². The predicted molar refractivity (Wildman–Crippen MR) is 78.9 cm³/mol. The zero-order chi connectivity index (χ0) is 13.8. The molecule has 0 unspecified atom stereocenters. The molecular formula is C13H11Br2FN2O. The lowest BCUT2D eigenvalue weighted by atomic mass is 10.2. The highest BCUT2D eigenvalue weighted by molar-refractivity contribution is 9.10. The minimum atomic E-state index is -0.371. The molecule has 1 N–H and O–H groups in total. The lowest BCUT2D eigenvalue weighted by molar-refractivity contribution is 0.449. The van der Waals surface area contributed by atoms with E-state index in [-0.39, 0.29) is 5.82 Å². The molecule has 0 bridgehead atoms. The molecule has 3 nitrogen and oxygen atoms in total. The van der Waals surface area contributed by atoms with Crippen LogP contribution < -0.4 is 10.1 Å². The molecule has 0 saturated heterocycles. The lowest BCUT2D eigenvalue weighted by Gasteiger charge is -2.10. The van der Waals surface area contributed by atoms with Crippen LogP contribution in [0.1, 0.15) is 5.56 Å². The van der Waals surface area contributed by atoms with Crippen molar-refractivity contribution in [2.24, 2.45) is 0 Å². The fraction of sp³-hybridized carbons (Fsp3) is 0.154. The normalized spacial score (nSPS) is 10.5. The van der Waals surface area contributed by atoms with E-state index in [0.29, 0.717) is 22.6 Å². The molecule has 0 aliphatic heterocycles. The summed E-state index contributed by atoms with van der Waals surface area (Å²) in [6.07, 6.45) is 1.64. The van der Waals surface area contributed by atoms with E-state index in [1.54, 1.807) is 18.3 Å². The van der Waals surface area contributed by atoms with Crippen LogP contribution in [0.3, 0.4) is 0 Å². The van der Waals surface area contributed by atoms with Gasteiger partial charge < -0.3 is 10.1 Å². The fourth-order valence-electron chi connectivity index (χ4n) is 1.53. The third-order valence-electron chi connectivity index (χ3n) is 2.36. The molecule has 2 aromatic rings. The van der Waals surface area contributed by atoms with Gasteiger partial charge >= 0.3 is 0 Å². The van der Waals surface area contributed by atoms with Gasteiger partial charge in [0.25, 0.3) is 0 Å². The minimum Gasteiger partial charge on any atom is -0.439 e. The van der Waals surface area contributed by atoms with Crippen molar-refractivity contribution >= 4 is 31.9 Å². The number of nitrogens with zero attached hydrogens (tertiary/aromatic N) is 1. The van der Waals surface area contributed by atoms with Gasteiger partial charge in [0.1, 0.15) is 11.6 Å². The largest absolute Gasteiger partial charge is 0.439 e. The van der Waals surface area contributed by atoms with Gasteiger partial charge in [0.15, 0.2) is 0 Å². The summed E-state index contributed by atoms with van der Waals surface area (Å²) >= 11 is 6.46. The predicted octanol–water partition coefficient (Wildman–Crippen LogP) is 4.26. The van der Waals surface area contributed by atoms with Crippen molar-refractivity contribution in [3.63, 3.8) is 0 Å². The summed E-state index contributed by atoms with van der Waals surface area (Å²) in [6, 6.07) is 6.51. The van der Waals surface area contributed by atoms with E-state index in [9.17, 15) is 4.39 Å². The number of pyridine rings is 1. The molecular weight excluding hydrogens is 379 g/mol. The highest BCUT2D eigenvalue weighted by Crippen LogP contribution is 2.28. The maximum Gasteiger partial charge on any atom is 0.223 e. The van der Waals surface area contributed by atoms with Crippen molar-refractivity contribution in [1.29, 1.82) is 0 Å². The summed E-state index contributed by atoms with van der Waals surface area (Å²) in [5, 5.41) is 3.04. The maximum atomic E-state index is 13.4. The number of ether oxygens (including phenoxy) is 1. The Morgan fingerprint density at radius 2 is 2.11 bits per heavy atom. The van der Waals surface area contributed by atoms with Crippen LogP contribution in [0.15, 0.2) is 39.4 Å². The Kier molecular flexibility index (Phi) is 4.90. The van der Waals surface area contributed by atoms with Crippen LogP contribution >= 0.6 is 31.9 Å². The first-order valence-electron chi connectivity index (χ1n) is 5.52. The Hall–Kier alpha value is -0.980. The van der Waals surface area contributed by atoms with Gasteiger partial charge in [-0.15, -0.1) is 0 Å². The van der Waals surface area contributed by atoms with E-state index >= 15 is 0 Å². The summed E-state index contributed by atoms with van der Waals surface area (Å²) in [4.78, 5) is 4.20. The summed E-state index contributed by atoms with van der Waals surface area (Å²) < 4.78 is 20.3. The van der Waals surface area contributed by atoms with Gasteiger partial charge in [-0.05, 0) is 57.1 Å². The molecule has 1 aromatic heterocycles. The van der Waals surface area contributed by atoms with Gasteiger partial charge in [0.2, 0.25) is 5.88 Å². The quantitative estimate of drug-likeness (QED) is 0.848. The molecule has 0 fully saturated rings. The first-order chi connectivity index (χ1) is 9.10. The molecule has 0 aliphatic carbocycles. The van der Waals surface area contributed by atoms with Crippen LogP contribution in [0, 0.1) is 5.82 Å². The number of hydrogen-bond acceptors (Lipinski definition) is 3. The molecule has 0 radical (unpaired) electrons. The summed E-state index contributed by atoms with van der Waals surface area (Å²) in [6.45, 7) is 0.612. The van der Waals surface area contributed by atoms with E-state index in [1.807, 2.05) is 13.1 Å². The van der Waals surface area contributed by atoms with Gasteiger partial charge in [0.05, 0.1) is 4.47 Å². The smallest absolute Gasteiger partial charge is 0.223 e. The monoisotopic (exact) mass is 388 g/mol. The summed E-state index contributed by atoms with van der Waals surface area (Å²) in [7, 11) is 1.84. The topological polar surface area (TPSA) is 34.2 Å². The molecule has 0 atom stereocenters. The number of nitrogens with one attached hydrogen (secondary N) is 1. The van der Waals surface area contributed by atoms with E-state index in [2.05, 4.69) is 42.2 Å². The van der Waals surface area contributed by atoms with Crippen molar-refractivity contribution in [1.82, 2.24) is 10.3 Å². The van der Waals surface area contributed by atoms with Crippen LogP contribution in [-0.2, 0) is 6.54 Å². The second-order valence-corrected chi connectivity index (χ2v) is 5.60. The van der Waals surface area contributed by atoms with E-state index in [0.717, 1.165) is 10.0 Å². The molecule has 100 valence electrons. The van der Waals surface area contributed by atoms with Crippen molar-refractivity contribution in [2.75, 3.05) is 7.05 Å². The van der Waals surface area contributed by atoms with Crippen LogP contribution in [0.25, 0.3) is 0 Å². The number of benzene rings is 1. The molecule has 2 rings (SSSR count). The molecule has 6 heteroatoms. The van der Waals surface area contributed by atoms with Crippen LogP contribution in [0.4, 0.5) is 4.39 Å². The van der Waals surface area contributed by atoms with Crippen molar-refractivity contribution in [2.45, 2.75) is 6.54 Å². The Balaban J connectivity index is 2.29. The average molecular weight is 390 g/mol. The van der Waals surface area contributed by atoms with E-state index in [4.69, 9.17) is 4.74 Å². The third-order valence-corrected chi connectivity index (χ3v) is 3.44. The summed E-state index contributed by atoms with van der Waals surface area (Å²) in [5.74, 6) is 0.497. The van der Waals surface area contributed by atoms with Crippen LogP contribution in [0.5, 0.6) is 11.6 Å². The Bertz CT molecular complexity index is 593. The van der Waals surface area contributed by atoms with Gasteiger partial charge in [-0.2, -0.15) is 0 Å². The number of aromatic nitrogens is 1. The Morgan fingerprint density at radius 1 is 1.32 bits per heavy atom. The van der Waals surface area contributed by atoms with E-state index < -0.39 is 0 Å². The minimum absolute atomic E-state index is 0.371. The van der Waals surface area contributed by atoms with E-state index in [1.165, 1.54) is 6.07 Å². The third kappa shape index (κ3) is 3.75. The van der Waals surface area contributed by atoms with Crippen molar-refractivity contribution in [3.8, 4) is 11.6 Å². The van der Waals surface area contributed by atoms with Gasteiger partial charge in [-0.3, -0.25) is 0 Å². The molecule has 0 aliphatic rings. The molecule has 19 heavy (non-hydrogen) atoms. The van der Waals surface area contributed by atoms with Gasteiger partial charge in [-0.25, -0.2) is 9.37 Å². The SMILES string of the molecule is CNCc1cc(Br)cnc1Oc1ccc(Br)c(F)c1. The Morgan fingerprint density at radius 3 is 2.79 bits per heavy atom. The summed E-state index contributed by atoms with van der Waals surface area (Å²) in [5.41, 5.74) is 0.889. The molecule has 0 spiro atoms. The standard InChI is InChI=1S/C13H11Br2FN2O/c1-17-6-8-4-9(14)7-18-13(8)19-10-2-3-11(15)12(16)5-10/h2-5,7,17H,6H2,1H3. The van der Waals surface area contributed by atoms with Gasteiger partial charge in [-0.1, -0.05) is 0 Å². The number of hydrogen-bond donors (Lipinski definition) is 1. The average Bonchev–Trinajstić information content (AvgIpc) is 2.37. The molecule has 0 amide bonds. The fourth-order valence-corrected chi connectivity index (χ4v) is 2.15. The van der Waals surface area contributed by atoms with Crippen molar-refractivity contribution < 1.29 is 9.13 Å². The molecule has 1 aromatic carbocycles. The first kappa shape index (κ1) is 14.4. The zero-order valence-electron chi connectivity index (χ0n) is 10.1. The lowest BCUT2D eigenvalue weighted by Crippen LogP contribution is -2.07. The van der Waals surface area contributed by atoms with Crippen LogP contribution in [0.2, 0.25) is 0 Å². The number of halogens is 3.